The Morgan fingerprint density at radius 2 is 1.86 bits per heavy atom. The van der Waals surface area contributed by atoms with E-state index in [1.54, 1.807) is 6.92 Å². The Labute approximate surface area is 275 Å². The highest BCUT2D eigenvalue weighted by Crippen LogP contribution is 2.26. The van der Waals surface area contributed by atoms with Crippen molar-refractivity contribution in [3.63, 3.8) is 0 Å². The highest BCUT2D eigenvalue weighted by molar-refractivity contribution is 6.67. The third-order valence-electron chi connectivity index (χ3n) is 7.43. The summed E-state index contributed by atoms with van der Waals surface area (Å²) in [4.78, 5) is 43.6. The molecule has 2 amide bonds. The molecule has 0 spiro atoms. The number of fused-ring (bicyclic) bond motifs is 1. The number of amides is 2. The number of pyridine rings is 1. The van der Waals surface area contributed by atoms with Crippen LogP contribution in [-0.2, 0) is 25.5 Å². The van der Waals surface area contributed by atoms with Gasteiger partial charge in [0.05, 0.1) is 11.6 Å². The van der Waals surface area contributed by atoms with Crippen molar-refractivity contribution in [2.24, 2.45) is 11.3 Å². The van der Waals surface area contributed by atoms with Gasteiger partial charge in [-0.15, -0.1) is 0 Å². The number of hydrogen-bond donors (Lipinski definition) is 3. The molecule has 9 nitrogen and oxygen atoms in total. The summed E-state index contributed by atoms with van der Waals surface area (Å²) in [5, 5.41) is 8.69. The van der Waals surface area contributed by atoms with Gasteiger partial charge in [0, 0.05) is 24.2 Å². The zero-order chi connectivity index (χ0) is 32.7. The Morgan fingerprint density at radius 3 is 2.52 bits per heavy atom. The molecule has 0 aliphatic carbocycles. The van der Waals surface area contributed by atoms with Crippen molar-refractivity contribution in [1.29, 1.82) is 0 Å². The fourth-order valence-corrected chi connectivity index (χ4v) is 4.99. The Hall–Kier alpha value is -2.43. The highest BCUT2D eigenvalue weighted by Gasteiger charge is 2.34. The summed E-state index contributed by atoms with van der Waals surface area (Å²) in [7, 11) is 0. The first-order valence-corrected chi connectivity index (χ1v) is 16.2. The first kappa shape index (κ1) is 36.0. The number of esters is 1. The standard InChI is InChI=1S/C32H44Cl3N5O4/c1-7-24-13-12-23-11-10-22(17-26(23)38-24)14-15-31(5,6)18-36-27(20(2)3)28(41)37-21(4)29(42)40-16-8-9-25(39-40)30(43)44-19-32(33,34)35/h10-15,17,20-21,25,27,36,39H,7-9,16,18-19H2,1-6H3,(H,37,41)/b15-14+. The second kappa shape index (κ2) is 15.7. The van der Waals surface area contributed by atoms with Crippen LogP contribution < -0.4 is 16.1 Å². The number of benzene rings is 1. The van der Waals surface area contributed by atoms with Crippen LogP contribution >= 0.6 is 34.8 Å². The van der Waals surface area contributed by atoms with Gasteiger partial charge in [-0.3, -0.25) is 24.4 Å². The number of halogens is 3. The predicted molar refractivity (Wildman–Crippen MR) is 177 cm³/mol. The number of hydrogen-bond acceptors (Lipinski definition) is 7. The number of aromatic nitrogens is 1. The molecule has 44 heavy (non-hydrogen) atoms. The van der Waals surface area contributed by atoms with E-state index in [2.05, 4.69) is 79.3 Å². The van der Waals surface area contributed by atoms with Crippen LogP contribution in [0.1, 0.15) is 65.6 Å². The molecule has 3 N–H and O–H groups in total. The highest BCUT2D eigenvalue weighted by atomic mass is 35.6. The van der Waals surface area contributed by atoms with E-state index in [0.717, 1.165) is 28.6 Å². The Bertz CT molecular complexity index is 1340. The largest absolute Gasteiger partial charge is 0.460 e. The van der Waals surface area contributed by atoms with Gasteiger partial charge in [-0.1, -0.05) is 99.8 Å². The van der Waals surface area contributed by atoms with E-state index in [1.165, 1.54) is 5.01 Å². The zero-order valence-electron chi connectivity index (χ0n) is 26.3. The van der Waals surface area contributed by atoms with Crippen molar-refractivity contribution < 1.29 is 19.1 Å². The van der Waals surface area contributed by atoms with Crippen LogP contribution in [0.4, 0.5) is 0 Å². The number of alkyl halides is 3. The van der Waals surface area contributed by atoms with Gasteiger partial charge in [0.25, 0.3) is 5.91 Å². The molecule has 12 heteroatoms. The molecule has 242 valence electrons. The summed E-state index contributed by atoms with van der Waals surface area (Å²) < 4.78 is 3.33. The summed E-state index contributed by atoms with van der Waals surface area (Å²) in [6.45, 7) is 12.4. The molecule has 0 radical (unpaired) electrons. The third-order valence-corrected chi connectivity index (χ3v) is 7.76. The number of hydrazine groups is 1. The van der Waals surface area contributed by atoms with Crippen LogP contribution in [0, 0.1) is 11.3 Å². The number of rotatable bonds is 12. The average Bonchev–Trinajstić information content (AvgIpc) is 2.97. The van der Waals surface area contributed by atoms with Crippen LogP contribution in [0.3, 0.4) is 0 Å². The monoisotopic (exact) mass is 667 g/mol. The van der Waals surface area contributed by atoms with Gasteiger partial charge in [0.15, 0.2) is 0 Å². The van der Waals surface area contributed by atoms with E-state index in [-0.39, 0.29) is 23.1 Å². The molecular formula is C32H44Cl3N5O4. The maximum absolute atomic E-state index is 13.3. The maximum Gasteiger partial charge on any atom is 0.325 e. The fraction of sp³-hybridized carbons (Fsp3) is 0.562. The SMILES string of the molecule is CCc1ccc2ccc(/C=C/C(C)(C)CNC(C(=O)NC(C)C(=O)N3CCCC(C(=O)OCC(Cl)(Cl)Cl)N3)C(C)C)cc2n1. The molecular weight excluding hydrogens is 625 g/mol. The normalized spacial score (nSPS) is 17.6. The minimum absolute atomic E-state index is 0.0263. The minimum Gasteiger partial charge on any atom is -0.460 e. The molecule has 1 aromatic heterocycles. The van der Waals surface area contributed by atoms with Gasteiger partial charge in [-0.25, -0.2) is 5.43 Å². The molecule has 1 aromatic carbocycles. The van der Waals surface area contributed by atoms with Gasteiger partial charge in [-0.05, 0) is 55.2 Å². The molecule has 3 atom stereocenters. The molecule has 2 aromatic rings. The summed E-state index contributed by atoms with van der Waals surface area (Å²) >= 11 is 17.0. The van der Waals surface area contributed by atoms with Gasteiger partial charge in [0.2, 0.25) is 9.70 Å². The molecule has 3 rings (SSSR count). The molecule has 2 heterocycles. The van der Waals surface area contributed by atoms with E-state index < -0.39 is 34.5 Å². The Kier molecular flexibility index (Phi) is 12.9. The number of ether oxygens (including phenoxy) is 1. The zero-order valence-corrected chi connectivity index (χ0v) is 28.5. The smallest absolute Gasteiger partial charge is 0.325 e. The lowest BCUT2D eigenvalue weighted by molar-refractivity contribution is -0.152. The Balaban J connectivity index is 1.56. The number of nitrogens with zero attached hydrogens (tertiary/aromatic N) is 2. The lowest BCUT2D eigenvalue weighted by Gasteiger charge is -2.35. The van der Waals surface area contributed by atoms with E-state index in [9.17, 15) is 14.4 Å². The van der Waals surface area contributed by atoms with E-state index in [4.69, 9.17) is 44.5 Å². The topological polar surface area (TPSA) is 113 Å². The van der Waals surface area contributed by atoms with Crippen LogP contribution in [0.5, 0.6) is 0 Å². The van der Waals surface area contributed by atoms with Crippen LogP contribution in [0.25, 0.3) is 17.0 Å². The van der Waals surface area contributed by atoms with Crippen molar-refractivity contribution in [3.8, 4) is 0 Å². The minimum atomic E-state index is -1.72. The second-order valence-electron chi connectivity index (χ2n) is 12.3. The van der Waals surface area contributed by atoms with Gasteiger partial charge < -0.3 is 15.4 Å². The van der Waals surface area contributed by atoms with E-state index in [1.807, 2.05) is 13.8 Å². The van der Waals surface area contributed by atoms with Crippen molar-refractivity contribution in [3.05, 3.63) is 47.7 Å². The van der Waals surface area contributed by atoms with Crippen molar-refractivity contribution in [2.45, 2.75) is 82.7 Å². The van der Waals surface area contributed by atoms with Crippen molar-refractivity contribution >= 4 is 69.6 Å². The Morgan fingerprint density at radius 1 is 1.16 bits per heavy atom. The molecule has 0 saturated carbocycles. The summed E-state index contributed by atoms with van der Waals surface area (Å²) in [6.07, 6.45) is 6.13. The van der Waals surface area contributed by atoms with Crippen molar-refractivity contribution in [2.75, 3.05) is 19.7 Å². The fourth-order valence-electron chi connectivity index (χ4n) is 4.83. The molecule has 1 fully saturated rings. The third kappa shape index (κ3) is 10.9. The van der Waals surface area contributed by atoms with Crippen LogP contribution in [0.2, 0.25) is 0 Å². The number of carbonyl (C=O) groups excluding carboxylic acids is 3. The van der Waals surface area contributed by atoms with Crippen LogP contribution in [0.15, 0.2) is 36.4 Å². The van der Waals surface area contributed by atoms with Gasteiger partial charge >= 0.3 is 5.97 Å². The van der Waals surface area contributed by atoms with E-state index in [0.29, 0.717) is 25.9 Å². The second-order valence-corrected chi connectivity index (χ2v) is 14.8. The summed E-state index contributed by atoms with van der Waals surface area (Å²) in [5.41, 5.74) is 5.71. The molecule has 1 aliphatic heterocycles. The first-order chi connectivity index (χ1) is 20.6. The number of nitrogens with one attached hydrogen (secondary N) is 3. The molecule has 0 bridgehead atoms. The quantitative estimate of drug-likeness (QED) is 0.206. The summed E-state index contributed by atoms with van der Waals surface area (Å²) in [5.74, 6) is -1.28. The van der Waals surface area contributed by atoms with Crippen molar-refractivity contribution in [1.82, 2.24) is 26.1 Å². The maximum atomic E-state index is 13.3. The van der Waals surface area contributed by atoms with E-state index >= 15 is 0 Å². The van der Waals surface area contributed by atoms with Gasteiger partial charge in [0.1, 0.15) is 18.7 Å². The number of aryl methyl sites for hydroxylation is 1. The molecule has 1 aliphatic rings. The molecule has 3 unspecified atom stereocenters. The summed E-state index contributed by atoms with van der Waals surface area (Å²) in [6, 6.07) is 8.29. The first-order valence-electron chi connectivity index (χ1n) is 15.0. The van der Waals surface area contributed by atoms with Crippen LogP contribution in [-0.4, -0.2) is 69.4 Å². The lowest BCUT2D eigenvalue weighted by atomic mass is 9.90. The predicted octanol–water partition coefficient (Wildman–Crippen LogP) is 5.36. The average molecular weight is 669 g/mol. The molecule has 1 saturated heterocycles. The van der Waals surface area contributed by atoms with Gasteiger partial charge in [-0.2, -0.15) is 0 Å². The number of carbonyl (C=O) groups is 3. The lowest BCUT2D eigenvalue weighted by Crippen LogP contribution is -2.61.